The van der Waals surface area contributed by atoms with Gasteiger partial charge in [-0.25, -0.2) is 0 Å². The van der Waals surface area contributed by atoms with Crippen LogP contribution in [0.25, 0.3) is 0 Å². The van der Waals surface area contributed by atoms with Gasteiger partial charge in [0.05, 0.1) is 0 Å². The molecule has 0 aromatic rings. The van der Waals surface area contributed by atoms with Gasteiger partial charge in [-0.3, -0.25) is 0 Å². The topological polar surface area (TPSA) is 157 Å². The zero-order chi connectivity index (χ0) is 25.3. The van der Waals surface area contributed by atoms with Crippen LogP contribution in [0.5, 0.6) is 0 Å². The van der Waals surface area contributed by atoms with E-state index < -0.39 is 160 Å². The maximum atomic E-state index is 5.46. The fourth-order valence-electron chi connectivity index (χ4n) is 1.50. The van der Waals surface area contributed by atoms with Crippen LogP contribution in [0.15, 0.2) is 0 Å². The van der Waals surface area contributed by atoms with E-state index in [1.54, 1.807) is 0 Å². The predicted octanol–water partition coefficient (Wildman–Crippen LogP) is -18.2. The third-order valence-corrected chi connectivity index (χ3v) is 24.6. The highest BCUT2D eigenvalue weighted by molar-refractivity contribution is 6.51. The van der Waals surface area contributed by atoms with Crippen LogP contribution in [0.3, 0.4) is 0 Å². The smallest absolute Gasteiger partial charge is 0.286 e. The van der Waals surface area contributed by atoms with E-state index in [1.165, 1.54) is 0 Å². The summed E-state index contributed by atoms with van der Waals surface area (Å²) in [5.74, 6) is 0. The van der Waals surface area contributed by atoms with Crippen LogP contribution in [-0.2, 0) is 70.0 Å². The van der Waals surface area contributed by atoms with E-state index in [-0.39, 0.29) is 0 Å². The Labute approximate surface area is 249 Å². The molecule has 0 saturated carbocycles. The molecule has 0 aliphatic rings. The maximum Gasteiger partial charge on any atom is 0.286 e. The van der Waals surface area contributed by atoms with Crippen LogP contribution < -0.4 is 0 Å². The molecule has 0 rings (SSSR count). The number of rotatable bonds is 32. The van der Waals surface area contributed by atoms with Gasteiger partial charge in [-0.1, -0.05) is 0 Å². The van der Waals surface area contributed by atoms with Crippen molar-refractivity contribution in [3.63, 3.8) is 0 Å². The van der Waals surface area contributed by atoms with Crippen molar-refractivity contribution < 1.29 is 70.0 Å². The van der Waals surface area contributed by atoms with Crippen LogP contribution in [-0.4, -0.2) is 181 Å². The first kappa shape index (κ1) is 38.2. The Morgan fingerprint density at radius 3 is 0.429 bits per heavy atom. The van der Waals surface area contributed by atoms with Crippen LogP contribution >= 0.6 is 0 Å². The summed E-state index contributed by atoms with van der Waals surface area (Å²) < 4.78 is 91.2. The Morgan fingerprint density at radius 2 is 0.314 bits per heavy atom. The molecule has 212 valence electrons. The third-order valence-electron chi connectivity index (χ3n) is 2.74. The van der Waals surface area contributed by atoms with Crippen LogP contribution in [0.2, 0.25) is 0 Å². The lowest BCUT2D eigenvalue weighted by Crippen LogP contribution is -2.22. The molecule has 0 unspecified atom stereocenters. The average Bonchev–Trinajstić information content (AvgIpc) is 2.87. The molecule has 0 bridgehead atoms. The fourth-order valence-corrected chi connectivity index (χ4v) is 31.4. The van der Waals surface area contributed by atoms with E-state index in [2.05, 4.69) is 0 Å². The largest absolute Gasteiger partial charge is 0.449 e. The van der Waals surface area contributed by atoms with Crippen molar-refractivity contribution in [1.29, 1.82) is 0 Å². The van der Waals surface area contributed by atoms with E-state index in [0.29, 0.717) is 0 Å². The van der Waals surface area contributed by atoms with Gasteiger partial charge in [-0.2, -0.15) is 0 Å². The zero-order valence-corrected chi connectivity index (χ0v) is 46.9. The Hall–Kier alpha value is 3.22. The van der Waals surface area contributed by atoms with Gasteiger partial charge in [0.1, 0.15) is 21.0 Å². The van der Waals surface area contributed by atoms with Gasteiger partial charge in [-0.15, -0.1) is 0 Å². The molecule has 0 fully saturated rings. The van der Waals surface area contributed by atoms with Crippen molar-refractivity contribution in [2.75, 3.05) is 0 Å². The van der Waals surface area contributed by atoms with E-state index in [0.717, 1.165) is 21.0 Å². The van der Waals surface area contributed by atoms with Crippen LogP contribution in [0, 0.1) is 0 Å². The second-order valence-corrected chi connectivity index (χ2v) is 38.4. The lowest BCUT2D eigenvalue weighted by atomic mass is 15.7. The lowest BCUT2D eigenvalue weighted by molar-refractivity contribution is 0.356. The van der Waals surface area contributed by atoms with Gasteiger partial charge in [0.2, 0.25) is 0 Å². The van der Waals surface area contributed by atoms with E-state index >= 15 is 0 Å². The first-order chi connectivity index (χ1) is 17.4. The predicted molar refractivity (Wildman–Crippen MR) is 175 cm³/mol. The molecule has 0 aromatic heterocycles. The van der Waals surface area contributed by atoms with Crippen molar-refractivity contribution in [3.05, 3.63) is 0 Å². The van der Waals surface area contributed by atoms with Gasteiger partial charge < -0.3 is 70.0 Å². The minimum atomic E-state index is -1.02. The van der Waals surface area contributed by atoms with Crippen LogP contribution in [0.1, 0.15) is 0 Å². The van der Waals surface area contributed by atoms with Crippen LogP contribution in [0.4, 0.5) is 0 Å². The minimum absolute atomic E-state index is 0.738. The normalized spacial score (nSPS) is 17.1. The van der Waals surface area contributed by atoms with Crippen molar-refractivity contribution in [2.24, 2.45) is 0 Å². The molecule has 0 atom stereocenters. The van der Waals surface area contributed by atoms with Crippen molar-refractivity contribution in [1.82, 2.24) is 0 Å². The fraction of sp³-hybridized carbons (Fsp3) is 0. The molecular weight excluding hydrogens is 778 g/mol. The van der Waals surface area contributed by atoms with E-state index in [4.69, 9.17) is 70.0 Å². The molecule has 35 heavy (non-hydrogen) atoms. The Balaban J connectivity index is 3.00. The van der Waals surface area contributed by atoms with Crippen molar-refractivity contribution >= 4 is 181 Å². The van der Waals surface area contributed by atoms with Gasteiger partial charge in [0.15, 0.2) is 0 Å². The summed E-state index contributed by atoms with van der Waals surface area (Å²) in [6.07, 6.45) is 0. The van der Waals surface area contributed by atoms with Gasteiger partial charge in [0, 0.05) is 0 Å². The molecule has 0 N–H and O–H groups in total. The molecule has 17 nitrogen and oxygen atoms in total. The number of hydrogen-bond donors (Lipinski definition) is 0. The summed E-state index contributed by atoms with van der Waals surface area (Å²) in [4.78, 5) is 0. The molecule has 0 radical (unpaired) electrons. The minimum Gasteiger partial charge on any atom is -0.449 e. The summed E-state index contributed by atoms with van der Waals surface area (Å²) in [6, 6.07) is 0. The van der Waals surface area contributed by atoms with Gasteiger partial charge in [-0.05, 0) is 0 Å². The monoisotopic (exact) mass is 814 g/mol. The van der Waals surface area contributed by atoms with Crippen molar-refractivity contribution in [3.8, 4) is 0 Å². The highest BCUT2D eigenvalue weighted by Gasteiger charge is 1.98. The summed E-state index contributed by atoms with van der Waals surface area (Å²) in [5.41, 5.74) is 0. The quantitative estimate of drug-likeness (QED) is 0.0466. The zero-order valence-electron chi connectivity index (χ0n) is 20.3. The second kappa shape index (κ2) is 37.2. The molecular formula is H38O17Si18. The summed E-state index contributed by atoms with van der Waals surface area (Å²) in [7, 11) is -13.7. The molecule has 0 aliphatic heterocycles. The standard InChI is InChI=1S/H38O17Si18/c18-1-20-3-22-5-24-7-26-9-28-11-30-13-32-15-34-17-35-16-33-14-31-12-29-10-27-8-25-6-23-4-21-2-19/h20-35H2,18-19H3. The third kappa shape index (κ3) is 37.2. The highest BCUT2D eigenvalue weighted by atomic mass is 28.4. The van der Waals surface area contributed by atoms with E-state index in [1.807, 2.05) is 0 Å². The molecule has 0 heterocycles. The average molecular weight is 816 g/mol. The molecule has 0 aromatic carbocycles. The summed E-state index contributed by atoms with van der Waals surface area (Å²) >= 11 is 0. The first-order valence-corrected chi connectivity index (χ1v) is 30.2. The molecule has 35 heteroatoms. The van der Waals surface area contributed by atoms with Gasteiger partial charge >= 0.3 is 0 Å². The second-order valence-electron chi connectivity index (χ2n) is 5.52. The Morgan fingerprint density at radius 1 is 0.200 bits per heavy atom. The van der Waals surface area contributed by atoms with E-state index in [9.17, 15) is 0 Å². The summed E-state index contributed by atoms with van der Waals surface area (Å²) in [5, 5.41) is 0. The molecule has 0 spiro atoms. The molecule has 0 amide bonds. The Kier molecular flexibility index (Phi) is 40.7. The molecule has 0 aliphatic carbocycles. The van der Waals surface area contributed by atoms with Crippen molar-refractivity contribution in [2.45, 2.75) is 0 Å². The number of hydrogen-bond acceptors (Lipinski definition) is 17. The highest BCUT2D eigenvalue weighted by Crippen LogP contribution is 1.80. The summed E-state index contributed by atoms with van der Waals surface area (Å²) in [6.45, 7) is 0. The Bertz CT molecular complexity index is 336. The first-order valence-electron chi connectivity index (χ1n) is 10.1. The lowest BCUT2D eigenvalue weighted by Gasteiger charge is -2.09. The maximum absolute atomic E-state index is 5.46. The SMILES string of the molecule is [SiH3]O[SiH2]O[SiH2]O[SiH2]O[SiH2]O[SiH2]O[SiH2]O[SiH2]O[SiH2]O[SiH2]O[SiH2]O[SiH2]O[SiH2]O[SiH2]O[SiH2]O[SiH2]O[SiH2]O[SiH3]. The molecule has 0 saturated heterocycles. The van der Waals surface area contributed by atoms with Gasteiger partial charge in [0.25, 0.3) is 160 Å².